The summed E-state index contributed by atoms with van der Waals surface area (Å²) < 4.78 is 46.3. The molecule has 0 unspecified atom stereocenters. The summed E-state index contributed by atoms with van der Waals surface area (Å²) in [6, 6.07) is 0.870. The summed E-state index contributed by atoms with van der Waals surface area (Å²) in [6.07, 6.45) is -2.93. The van der Waals surface area contributed by atoms with Crippen molar-refractivity contribution in [2.24, 2.45) is 5.14 Å². The van der Waals surface area contributed by atoms with Gasteiger partial charge in [-0.1, -0.05) is 0 Å². The van der Waals surface area contributed by atoms with Gasteiger partial charge in [-0.05, 0) is 28.7 Å². The van der Waals surface area contributed by atoms with Crippen LogP contribution < -0.4 is 5.14 Å². The predicted molar refractivity (Wildman–Crippen MR) is 54.9 cm³/mol. The summed E-state index contributed by atoms with van der Waals surface area (Å²) in [5, 5.41) is 12.9. The lowest BCUT2D eigenvalue weighted by Crippen LogP contribution is -2.15. The topological polar surface area (TPSA) is 93.3 Å². The van der Waals surface area contributed by atoms with Crippen molar-refractivity contribution in [3.63, 3.8) is 0 Å². The lowest BCUT2D eigenvalue weighted by Gasteiger charge is -2.06. The molecule has 0 fully saturated rings. The molecule has 0 aliphatic carbocycles. The van der Waals surface area contributed by atoms with E-state index in [1.165, 1.54) is 22.6 Å². The van der Waals surface area contributed by atoms with Gasteiger partial charge < -0.3 is 5.11 Å². The molecule has 1 rings (SSSR count). The monoisotopic (exact) mass is 350 g/mol. The number of halogens is 3. The van der Waals surface area contributed by atoms with Gasteiger partial charge in [-0.3, -0.25) is 0 Å². The molecule has 0 saturated carbocycles. The van der Waals surface area contributed by atoms with Gasteiger partial charge in [0.1, 0.15) is 5.69 Å². The lowest BCUT2D eigenvalue weighted by molar-refractivity contribution is 0.144. The molecule has 0 aromatic carbocycles. The molecular weight excluding hydrogens is 345 g/mol. The maximum atomic E-state index is 12.3. The molecule has 0 atom stereocenters. The third kappa shape index (κ3) is 2.72. The normalized spacial score (nSPS) is 12.1. The Balaban J connectivity index is 3.50. The minimum absolute atomic E-state index is 0.0347. The van der Waals surface area contributed by atoms with Crippen LogP contribution in [-0.4, -0.2) is 18.5 Å². The first-order chi connectivity index (χ1) is 6.73. The average Bonchev–Trinajstić information content (AvgIpc) is 2.00. The molecule has 0 aliphatic heterocycles. The molecule has 84 valence electrons. The van der Waals surface area contributed by atoms with E-state index in [1.54, 1.807) is 0 Å². The van der Waals surface area contributed by atoms with E-state index in [-0.39, 0.29) is 3.57 Å². The molecule has 5 nitrogen and oxygen atoms in total. The number of rotatable bonds is 2. The molecular formula is C6H5F2IN2O3S. The summed E-state index contributed by atoms with van der Waals surface area (Å²) in [4.78, 5) is 3.12. The number of sulfonamides is 1. The molecule has 1 aromatic heterocycles. The van der Waals surface area contributed by atoms with Gasteiger partial charge in [0.25, 0.3) is 16.4 Å². The van der Waals surface area contributed by atoms with E-state index in [0.29, 0.717) is 0 Å². The van der Waals surface area contributed by atoms with Gasteiger partial charge in [0.15, 0.2) is 5.75 Å². The standard InChI is InChI=1S/C6H5F2IN2O3S/c7-5(8)4-2(9)1-3(12)6(11-4)15(10,13)14/h1,5,12H,(H2,10,13,14). The highest BCUT2D eigenvalue weighted by atomic mass is 127. The fourth-order valence-electron chi connectivity index (χ4n) is 0.838. The Hall–Kier alpha value is -0.550. The van der Waals surface area contributed by atoms with E-state index in [4.69, 9.17) is 5.11 Å². The Bertz CT molecular complexity index is 491. The number of aromatic nitrogens is 1. The number of hydrogen-bond acceptors (Lipinski definition) is 4. The van der Waals surface area contributed by atoms with Crippen molar-refractivity contribution in [3.05, 3.63) is 15.3 Å². The van der Waals surface area contributed by atoms with Gasteiger partial charge in [-0.15, -0.1) is 0 Å². The zero-order valence-corrected chi connectivity index (χ0v) is 9.96. The van der Waals surface area contributed by atoms with E-state index in [9.17, 15) is 17.2 Å². The smallest absolute Gasteiger partial charge is 0.281 e. The Kier molecular flexibility index (Phi) is 3.45. The van der Waals surface area contributed by atoms with Gasteiger partial charge in [-0.2, -0.15) is 0 Å². The van der Waals surface area contributed by atoms with Gasteiger partial charge in [-0.25, -0.2) is 27.3 Å². The highest BCUT2D eigenvalue weighted by molar-refractivity contribution is 14.1. The largest absolute Gasteiger partial charge is 0.505 e. The van der Waals surface area contributed by atoms with Crippen LogP contribution in [0.25, 0.3) is 0 Å². The number of nitrogens with zero attached hydrogens (tertiary/aromatic N) is 1. The van der Waals surface area contributed by atoms with Gasteiger partial charge >= 0.3 is 0 Å². The van der Waals surface area contributed by atoms with Crippen LogP contribution in [0.15, 0.2) is 11.1 Å². The Labute approximate surface area is 97.5 Å². The van der Waals surface area contributed by atoms with Crippen LogP contribution in [-0.2, 0) is 10.0 Å². The van der Waals surface area contributed by atoms with Gasteiger partial charge in [0, 0.05) is 3.57 Å². The second kappa shape index (κ2) is 4.14. The van der Waals surface area contributed by atoms with E-state index < -0.39 is 32.9 Å². The first-order valence-electron chi connectivity index (χ1n) is 3.44. The third-order valence-corrected chi connectivity index (χ3v) is 3.13. The molecule has 0 bridgehead atoms. The molecule has 0 aliphatic rings. The van der Waals surface area contributed by atoms with E-state index in [2.05, 4.69) is 10.1 Å². The molecule has 1 heterocycles. The number of pyridine rings is 1. The Morgan fingerprint density at radius 3 is 2.47 bits per heavy atom. The highest BCUT2D eigenvalue weighted by Gasteiger charge is 2.22. The van der Waals surface area contributed by atoms with Gasteiger partial charge in [0.05, 0.1) is 0 Å². The lowest BCUT2D eigenvalue weighted by atomic mass is 10.3. The van der Waals surface area contributed by atoms with Crippen LogP contribution in [0.1, 0.15) is 12.1 Å². The van der Waals surface area contributed by atoms with Crippen molar-refractivity contribution >= 4 is 32.6 Å². The van der Waals surface area contributed by atoms with Crippen LogP contribution in [0.4, 0.5) is 8.78 Å². The minimum atomic E-state index is -4.30. The van der Waals surface area contributed by atoms with Crippen LogP contribution >= 0.6 is 22.6 Å². The van der Waals surface area contributed by atoms with Crippen molar-refractivity contribution in [1.29, 1.82) is 0 Å². The summed E-state index contributed by atoms with van der Waals surface area (Å²) in [5.41, 5.74) is -0.725. The second-order valence-electron chi connectivity index (χ2n) is 2.53. The number of primary sulfonamides is 1. The van der Waals surface area contributed by atoms with Crippen LogP contribution in [0, 0.1) is 3.57 Å². The predicted octanol–water partition coefficient (Wildman–Crippen LogP) is 0.977. The fraction of sp³-hybridized carbons (Fsp3) is 0.167. The first-order valence-corrected chi connectivity index (χ1v) is 6.06. The van der Waals surface area contributed by atoms with Crippen LogP contribution in [0.2, 0.25) is 0 Å². The molecule has 0 saturated heterocycles. The Morgan fingerprint density at radius 1 is 1.53 bits per heavy atom. The molecule has 0 radical (unpaired) electrons. The molecule has 1 aromatic rings. The average molecular weight is 350 g/mol. The maximum absolute atomic E-state index is 12.3. The second-order valence-corrected chi connectivity index (χ2v) is 5.16. The Morgan fingerprint density at radius 2 is 2.07 bits per heavy atom. The zero-order chi connectivity index (χ0) is 11.8. The van der Waals surface area contributed by atoms with Crippen molar-refractivity contribution in [1.82, 2.24) is 4.98 Å². The van der Waals surface area contributed by atoms with Crippen LogP contribution in [0.5, 0.6) is 5.75 Å². The zero-order valence-electron chi connectivity index (χ0n) is 6.99. The number of nitrogens with two attached hydrogens (primary N) is 1. The summed E-state index contributed by atoms with van der Waals surface area (Å²) >= 11 is 1.51. The van der Waals surface area contributed by atoms with Crippen molar-refractivity contribution in [2.45, 2.75) is 11.5 Å². The molecule has 0 spiro atoms. The SMILES string of the molecule is NS(=O)(=O)c1nc(C(F)F)c(I)cc1O. The van der Waals surface area contributed by atoms with E-state index in [0.717, 1.165) is 6.07 Å². The highest BCUT2D eigenvalue weighted by Crippen LogP contribution is 2.29. The number of alkyl halides is 2. The summed E-state index contributed by atoms with van der Waals surface area (Å²) in [5.74, 6) is -0.744. The molecule has 15 heavy (non-hydrogen) atoms. The van der Waals surface area contributed by atoms with E-state index >= 15 is 0 Å². The van der Waals surface area contributed by atoms with Crippen molar-refractivity contribution in [2.75, 3.05) is 0 Å². The van der Waals surface area contributed by atoms with Crippen molar-refractivity contribution < 1.29 is 22.3 Å². The van der Waals surface area contributed by atoms with Gasteiger partial charge in [0.2, 0.25) is 5.03 Å². The van der Waals surface area contributed by atoms with E-state index in [1.807, 2.05) is 0 Å². The fourth-order valence-corrected chi connectivity index (χ4v) is 2.07. The molecule has 0 amide bonds. The van der Waals surface area contributed by atoms with Crippen molar-refractivity contribution in [3.8, 4) is 5.75 Å². The molecule has 3 N–H and O–H groups in total. The maximum Gasteiger partial charge on any atom is 0.281 e. The minimum Gasteiger partial charge on any atom is -0.505 e. The molecule has 9 heteroatoms. The number of hydrogen-bond donors (Lipinski definition) is 2. The summed E-state index contributed by atoms with van der Waals surface area (Å²) in [7, 11) is -4.30. The van der Waals surface area contributed by atoms with Crippen LogP contribution in [0.3, 0.4) is 0 Å². The first kappa shape index (κ1) is 12.5. The number of aromatic hydroxyl groups is 1. The quantitative estimate of drug-likeness (QED) is 0.778. The third-order valence-electron chi connectivity index (χ3n) is 1.43. The summed E-state index contributed by atoms with van der Waals surface area (Å²) in [6.45, 7) is 0.